The van der Waals surface area contributed by atoms with Crippen LogP contribution < -0.4 is 9.64 Å². The van der Waals surface area contributed by atoms with Gasteiger partial charge >= 0.3 is 0 Å². The Labute approximate surface area is 185 Å². The normalized spacial score (nSPS) is 23.1. The van der Waals surface area contributed by atoms with Crippen LogP contribution in [0.1, 0.15) is 30.4 Å². The number of methoxy groups -OCH3 is 1. The summed E-state index contributed by atoms with van der Waals surface area (Å²) in [7, 11) is 1.62. The number of amides is 2. The molecule has 5 rings (SSSR count). The maximum absolute atomic E-state index is 14.0. The quantitative estimate of drug-likeness (QED) is 0.703. The average molecular weight is 443 g/mol. The predicted molar refractivity (Wildman–Crippen MR) is 119 cm³/mol. The Bertz CT molecular complexity index is 1030. The van der Waals surface area contributed by atoms with Crippen molar-refractivity contribution in [3.63, 3.8) is 0 Å². The standard InChI is InChI=1S/C23H23ClN2O3S/c1-29-17-9-10-20-18(13-17)23(26(11-12-30-23)21(27)15-6-4-7-15)22(28)25(20)14-16-5-2-3-8-19(16)24/h2-3,5,8-10,13,15H,4,6-7,11-12,14H2,1H3. The lowest BCUT2D eigenvalue weighted by atomic mass is 9.84. The summed E-state index contributed by atoms with van der Waals surface area (Å²) in [4.78, 5) is 29.9. The largest absolute Gasteiger partial charge is 0.497 e. The molecule has 1 aliphatic carbocycles. The molecule has 0 N–H and O–H groups in total. The topological polar surface area (TPSA) is 49.9 Å². The molecule has 2 heterocycles. The van der Waals surface area contributed by atoms with Crippen molar-refractivity contribution in [2.24, 2.45) is 5.92 Å². The number of benzene rings is 2. The van der Waals surface area contributed by atoms with E-state index >= 15 is 0 Å². The second-order valence-corrected chi connectivity index (χ2v) is 9.67. The molecule has 2 aromatic rings. The van der Waals surface area contributed by atoms with Crippen LogP contribution in [0.25, 0.3) is 0 Å². The molecule has 1 atom stereocenters. The van der Waals surface area contributed by atoms with Crippen LogP contribution in [0, 0.1) is 5.92 Å². The molecule has 0 bridgehead atoms. The first-order chi connectivity index (χ1) is 14.6. The fourth-order valence-electron chi connectivity index (χ4n) is 4.57. The zero-order chi connectivity index (χ0) is 20.9. The molecule has 30 heavy (non-hydrogen) atoms. The van der Waals surface area contributed by atoms with Crippen LogP contribution in [0.4, 0.5) is 5.69 Å². The van der Waals surface area contributed by atoms with Crippen LogP contribution in [-0.4, -0.2) is 36.1 Å². The number of halogens is 1. The summed E-state index contributed by atoms with van der Waals surface area (Å²) in [6.45, 7) is 0.952. The molecule has 2 aliphatic heterocycles. The highest BCUT2D eigenvalue weighted by molar-refractivity contribution is 8.01. The zero-order valence-corrected chi connectivity index (χ0v) is 18.3. The molecule has 1 unspecified atom stereocenters. The fraction of sp³-hybridized carbons (Fsp3) is 0.391. The average Bonchev–Trinajstić information content (AvgIpc) is 3.25. The van der Waals surface area contributed by atoms with Gasteiger partial charge in [-0.05, 0) is 42.7 Å². The first-order valence-corrected chi connectivity index (χ1v) is 11.6. The lowest BCUT2D eigenvalue weighted by Crippen LogP contribution is -2.52. The lowest BCUT2D eigenvalue weighted by Gasteiger charge is -2.37. The second-order valence-electron chi connectivity index (χ2n) is 7.98. The third kappa shape index (κ3) is 2.84. The van der Waals surface area contributed by atoms with Crippen LogP contribution in [0.15, 0.2) is 42.5 Å². The number of thioether (sulfide) groups is 1. The number of carbonyl (C=O) groups is 2. The number of rotatable bonds is 4. The molecule has 1 saturated heterocycles. The van der Waals surface area contributed by atoms with Gasteiger partial charge in [0.05, 0.1) is 19.3 Å². The number of carbonyl (C=O) groups excluding carboxylic acids is 2. The molecule has 1 spiro atoms. The summed E-state index contributed by atoms with van der Waals surface area (Å²) in [6, 6.07) is 13.3. The number of hydrogen-bond acceptors (Lipinski definition) is 4. The van der Waals surface area contributed by atoms with Gasteiger partial charge in [0, 0.05) is 28.8 Å². The molecule has 0 radical (unpaired) electrons. The van der Waals surface area contributed by atoms with Gasteiger partial charge in [-0.2, -0.15) is 0 Å². The molecule has 2 amide bonds. The minimum absolute atomic E-state index is 0.0417. The SMILES string of the molecule is COc1ccc2c(c1)C1(SCCN1C(=O)C1CCC1)C(=O)N2Cc1ccccc1Cl. The molecule has 5 nitrogen and oxygen atoms in total. The minimum atomic E-state index is -1.02. The Morgan fingerprint density at radius 3 is 2.77 bits per heavy atom. The molecule has 3 aliphatic rings. The number of anilines is 1. The van der Waals surface area contributed by atoms with Crippen molar-refractivity contribution in [2.75, 3.05) is 24.3 Å². The summed E-state index contributed by atoms with van der Waals surface area (Å²) in [5.41, 5.74) is 2.54. The highest BCUT2D eigenvalue weighted by Crippen LogP contribution is 2.56. The Kier molecular flexibility index (Phi) is 4.94. The summed E-state index contributed by atoms with van der Waals surface area (Å²) in [5, 5.41) is 0.628. The van der Waals surface area contributed by atoms with Crippen molar-refractivity contribution in [2.45, 2.75) is 30.7 Å². The molecule has 2 aromatic carbocycles. The van der Waals surface area contributed by atoms with E-state index in [2.05, 4.69) is 0 Å². The van der Waals surface area contributed by atoms with E-state index in [1.807, 2.05) is 47.4 Å². The predicted octanol–water partition coefficient (Wildman–Crippen LogP) is 4.42. The third-order valence-corrected chi connectivity index (χ3v) is 8.20. The van der Waals surface area contributed by atoms with Crippen LogP contribution in [0.2, 0.25) is 5.02 Å². The minimum Gasteiger partial charge on any atom is -0.497 e. The van der Waals surface area contributed by atoms with Crippen LogP contribution in [0.3, 0.4) is 0 Å². The van der Waals surface area contributed by atoms with E-state index in [0.29, 0.717) is 23.9 Å². The summed E-state index contributed by atoms with van der Waals surface area (Å²) in [5.74, 6) is 1.50. The Hall–Kier alpha value is -2.18. The van der Waals surface area contributed by atoms with Gasteiger partial charge in [0.25, 0.3) is 5.91 Å². The highest BCUT2D eigenvalue weighted by Gasteiger charge is 2.60. The molecule has 2 fully saturated rings. The Morgan fingerprint density at radius 1 is 1.27 bits per heavy atom. The summed E-state index contributed by atoms with van der Waals surface area (Å²) in [6.07, 6.45) is 2.92. The summed E-state index contributed by atoms with van der Waals surface area (Å²) >= 11 is 7.95. The van der Waals surface area contributed by atoms with Crippen LogP contribution in [0.5, 0.6) is 5.75 Å². The first kappa shape index (κ1) is 19.8. The van der Waals surface area contributed by atoms with Crippen molar-refractivity contribution >= 4 is 40.9 Å². The van der Waals surface area contributed by atoms with Gasteiger partial charge in [-0.3, -0.25) is 9.59 Å². The number of fused-ring (bicyclic) bond motifs is 2. The van der Waals surface area contributed by atoms with Gasteiger partial charge in [0.1, 0.15) is 5.75 Å². The van der Waals surface area contributed by atoms with Crippen molar-refractivity contribution in [3.05, 3.63) is 58.6 Å². The third-order valence-electron chi connectivity index (χ3n) is 6.41. The number of ether oxygens (including phenoxy) is 1. The van der Waals surface area contributed by atoms with Gasteiger partial charge in [-0.25, -0.2) is 0 Å². The van der Waals surface area contributed by atoms with Gasteiger partial charge in [-0.1, -0.05) is 36.2 Å². The van der Waals surface area contributed by atoms with Crippen molar-refractivity contribution in [1.82, 2.24) is 4.90 Å². The summed E-state index contributed by atoms with van der Waals surface area (Å²) < 4.78 is 5.46. The highest BCUT2D eigenvalue weighted by atomic mass is 35.5. The van der Waals surface area contributed by atoms with Crippen LogP contribution >= 0.6 is 23.4 Å². The smallest absolute Gasteiger partial charge is 0.268 e. The van der Waals surface area contributed by atoms with E-state index in [1.165, 1.54) is 0 Å². The molecule has 1 saturated carbocycles. The molecule has 156 valence electrons. The van der Waals surface area contributed by atoms with Crippen molar-refractivity contribution in [1.29, 1.82) is 0 Å². The molecule has 7 heteroatoms. The van der Waals surface area contributed by atoms with Gasteiger partial charge < -0.3 is 14.5 Å². The molecular formula is C23H23ClN2O3S. The number of hydrogen-bond donors (Lipinski definition) is 0. The van der Waals surface area contributed by atoms with E-state index in [-0.39, 0.29) is 17.7 Å². The monoisotopic (exact) mass is 442 g/mol. The fourth-order valence-corrected chi connectivity index (χ4v) is 6.23. The van der Waals surface area contributed by atoms with Gasteiger partial charge in [-0.15, -0.1) is 11.8 Å². The van der Waals surface area contributed by atoms with Gasteiger partial charge in [0.2, 0.25) is 5.91 Å². The molecular weight excluding hydrogens is 420 g/mol. The Balaban J connectivity index is 1.61. The Morgan fingerprint density at radius 2 is 2.07 bits per heavy atom. The van der Waals surface area contributed by atoms with E-state index < -0.39 is 4.87 Å². The van der Waals surface area contributed by atoms with Gasteiger partial charge in [0.15, 0.2) is 4.87 Å². The second kappa shape index (κ2) is 7.50. The van der Waals surface area contributed by atoms with Crippen molar-refractivity contribution < 1.29 is 14.3 Å². The van der Waals surface area contributed by atoms with E-state index in [0.717, 1.165) is 41.8 Å². The maximum Gasteiger partial charge on any atom is 0.268 e. The van der Waals surface area contributed by atoms with Crippen LogP contribution in [-0.2, 0) is 21.0 Å². The van der Waals surface area contributed by atoms with E-state index in [4.69, 9.17) is 16.3 Å². The molecule has 0 aromatic heterocycles. The van der Waals surface area contributed by atoms with E-state index in [1.54, 1.807) is 23.8 Å². The maximum atomic E-state index is 14.0. The number of nitrogens with zero attached hydrogens (tertiary/aromatic N) is 2. The first-order valence-electron chi connectivity index (χ1n) is 10.3. The lowest BCUT2D eigenvalue weighted by molar-refractivity contribution is -0.145. The van der Waals surface area contributed by atoms with E-state index in [9.17, 15) is 9.59 Å². The zero-order valence-electron chi connectivity index (χ0n) is 16.8. The van der Waals surface area contributed by atoms with Crippen molar-refractivity contribution in [3.8, 4) is 5.75 Å².